The number of halogens is 1. The number of aromatic hydroxyl groups is 1. The first kappa shape index (κ1) is 12.0. The summed E-state index contributed by atoms with van der Waals surface area (Å²) in [5.74, 6) is 0.814. The Morgan fingerprint density at radius 1 is 1.35 bits per heavy atom. The Morgan fingerprint density at radius 3 is 2.53 bits per heavy atom. The Hall–Kier alpha value is -1.49. The topological polar surface area (TPSA) is 64.1 Å². The molecule has 2 rings (SSSR count). The first-order chi connectivity index (χ1) is 7.91. The zero-order chi connectivity index (χ0) is 12.7. The van der Waals surface area contributed by atoms with Gasteiger partial charge in [-0.25, -0.2) is 0 Å². The van der Waals surface area contributed by atoms with Crippen LogP contribution in [0, 0.1) is 13.8 Å². The Bertz CT molecular complexity index is 570. The van der Waals surface area contributed by atoms with Gasteiger partial charge in [-0.3, -0.25) is 4.68 Å². The number of rotatable bonds is 1. The molecule has 0 aliphatic carbocycles. The number of phenols is 1. The minimum absolute atomic E-state index is 0.245. The summed E-state index contributed by atoms with van der Waals surface area (Å²) in [5.41, 5.74) is 8.94. The molecule has 0 atom stereocenters. The molecule has 0 saturated heterocycles. The molecule has 0 fully saturated rings. The maximum absolute atomic E-state index is 10.2. The van der Waals surface area contributed by atoms with E-state index in [1.54, 1.807) is 17.8 Å². The van der Waals surface area contributed by atoms with Crippen LogP contribution in [0.25, 0.3) is 11.3 Å². The Balaban J connectivity index is 2.71. The number of anilines is 1. The van der Waals surface area contributed by atoms with E-state index in [0.29, 0.717) is 11.5 Å². The zero-order valence-corrected chi connectivity index (χ0v) is 11.5. The van der Waals surface area contributed by atoms with Crippen LogP contribution in [0.4, 0.5) is 5.82 Å². The van der Waals surface area contributed by atoms with Crippen LogP contribution in [0.2, 0.25) is 0 Å². The number of phenolic OH excluding ortho intramolecular Hbond substituents is 1. The lowest BCUT2D eigenvalue weighted by atomic mass is 10.0. The molecule has 1 aromatic heterocycles. The zero-order valence-electron chi connectivity index (χ0n) is 9.95. The van der Waals surface area contributed by atoms with Gasteiger partial charge < -0.3 is 10.8 Å². The fraction of sp³-hybridized carbons (Fsp3) is 0.250. The lowest BCUT2D eigenvalue weighted by Gasteiger charge is -2.10. The number of aromatic nitrogens is 2. The molecule has 5 heteroatoms. The highest BCUT2D eigenvalue weighted by Crippen LogP contribution is 2.38. The third-order valence-corrected chi connectivity index (χ3v) is 3.68. The molecule has 0 aliphatic rings. The average Bonchev–Trinajstić information content (AvgIpc) is 2.56. The second-order valence-electron chi connectivity index (χ2n) is 4.10. The summed E-state index contributed by atoms with van der Waals surface area (Å²) in [4.78, 5) is 0. The van der Waals surface area contributed by atoms with Crippen LogP contribution in [0.3, 0.4) is 0 Å². The van der Waals surface area contributed by atoms with E-state index in [1.807, 2.05) is 19.9 Å². The molecule has 0 bridgehead atoms. The van der Waals surface area contributed by atoms with E-state index in [9.17, 15) is 5.11 Å². The van der Waals surface area contributed by atoms with Gasteiger partial charge in [0, 0.05) is 28.7 Å². The number of nitrogens with zero attached hydrogens (tertiary/aromatic N) is 2. The number of benzene rings is 1. The molecule has 3 N–H and O–H groups in total. The van der Waals surface area contributed by atoms with Crippen LogP contribution < -0.4 is 5.73 Å². The van der Waals surface area contributed by atoms with Crippen molar-refractivity contribution in [2.24, 2.45) is 7.05 Å². The predicted molar refractivity (Wildman–Crippen MR) is 71.9 cm³/mol. The SMILES string of the molecule is Cc1cc(Br)c(C)c(O)c1-c1cc(N)n(C)n1. The average molecular weight is 296 g/mol. The van der Waals surface area contributed by atoms with E-state index in [1.165, 1.54) is 0 Å². The van der Waals surface area contributed by atoms with Gasteiger partial charge in [-0.2, -0.15) is 5.10 Å². The fourth-order valence-corrected chi connectivity index (χ4v) is 2.32. The quantitative estimate of drug-likeness (QED) is 0.850. The largest absolute Gasteiger partial charge is 0.507 e. The molecule has 0 unspecified atom stereocenters. The van der Waals surface area contributed by atoms with Gasteiger partial charge in [-0.15, -0.1) is 0 Å². The molecule has 90 valence electrons. The molecule has 0 radical (unpaired) electrons. The number of aryl methyl sites for hydroxylation is 2. The third kappa shape index (κ3) is 1.91. The summed E-state index contributed by atoms with van der Waals surface area (Å²) < 4.78 is 2.48. The molecule has 1 heterocycles. The van der Waals surface area contributed by atoms with Gasteiger partial charge >= 0.3 is 0 Å². The van der Waals surface area contributed by atoms with Gasteiger partial charge in [0.05, 0.1) is 5.69 Å². The van der Waals surface area contributed by atoms with Crippen molar-refractivity contribution in [1.82, 2.24) is 9.78 Å². The number of nitrogens with two attached hydrogens (primary N) is 1. The summed E-state index contributed by atoms with van der Waals surface area (Å²) in [7, 11) is 1.77. The summed E-state index contributed by atoms with van der Waals surface area (Å²) in [6.45, 7) is 3.79. The van der Waals surface area contributed by atoms with Crippen molar-refractivity contribution in [1.29, 1.82) is 0 Å². The van der Waals surface area contributed by atoms with Crippen LogP contribution in [-0.2, 0) is 7.05 Å². The number of hydrogen-bond acceptors (Lipinski definition) is 3. The second-order valence-corrected chi connectivity index (χ2v) is 4.96. The molecule has 17 heavy (non-hydrogen) atoms. The molecular weight excluding hydrogens is 282 g/mol. The Kier molecular flexibility index (Phi) is 2.87. The van der Waals surface area contributed by atoms with Gasteiger partial charge in [0.25, 0.3) is 0 Å². The predicted octanol–water partition coefficient (Wildman–Crippen LogP) is 2.75. The molecule has 0 spiro atoms. The van der Waals surface area contributed by atoms with Crippen LogP contribution in [0.5, 0.6) is 5.75 Å². The smallest absolute Gasteiger partial charge is 0.129 e. The van der Waals surface area contributed by atoms with E-state index < -0.39 is 0 Å². The van der Waals surface area contributed by atoms with E-state index in [2.05, 4.69) is 21.0 Å². The molecule has 1 aromatic carbocycles. The summed E-state index contributed by atoms with van der Waals surface area (Å²) >= 11 is 3.41. The maximum Gasteiger partial charge on any atom is 0.129 e. The van der Waals surface area contributed by atoms with Crippen molar-refractivity contribution >= 4 is 21.7 Å². The van der Waals surface area contributed by atoms with Crippen molar-refractivity contribution in [3.05, 3.63) is 27.7 Å². The maximum atomic E-state index is 10.2. The third-order valence-electron chi connectivity index (χ3n) is 2.86. The minimum Gasteiger partial charge on any atom is -0.507 e. The normalized spacial score (nSPS) is 10.8. The molecular formula is C12H14BrN3O. The monoisotopic (exact) mass is 295 g/mol. The van der Waals surface area contributed by atoms with Crippen LogP contribution >= 0.6 is 15.9 Å². The van der Waals surface area contributed by atoms with Crippen molar-refractivity contribution in [2.75, 3.05) is 5.73 Å². The first-order valence-electron chi connectivity index (χ1n) is 5.20. The van der Waals surface area contributed by atoms with Gasteiger partial charge in [-0.1, -0.05) is 15.9 Å². The van der Waals surface area contributed by atoms with Crippen molar-refractivity contribution in [2.45, 2.75) is 13.8 Å². The van der Waals surface area contributed by atoms with E-state index >= 15 is 0 Å². The lowest BCUT2D eigenvalue weighted by Crippen LogP contribution is -1.97. The lowest BCUT2D eigenvalue weighted by molar-refractivity contribution is 0.472. The van der Waals surface area contributed by atoms with Gasteiger partial charge in [0.1, 0.15) is 11.6 Å². The van der Waals surface area contributed by atoms with Crippen LogP contribution in [-0.4, -0.2) is 14.9 Å². The fourth-order valence-electron chi connectivity index (χ4n) is 1.79. The summed E-state index contributed by atoms with van der Waals surface area (Å²) in [5, 5.41) is 14.5. The highest BCUT2D eigenvalue weighted by Gasteiger charge is 2.16. The summed E-state index contributed by atoms with van der Waals surface area (Å²) in [6, 6.07) is 3.73. The molecule has 2 aromatic rings. The van der Waals surface area contributed by atoms with Crippen molar-refractivity contribution in [3.63, 3.8) is 0 Å². The number of hydrogen-bond donors (Lipinski definition) is 2. The molecule has 4 nitrogen and oxygen atoms in total. The Morgan fingerprint density at radius 2 is 2.00 bits per heavy atom. The minimum atomic E-state index is 0.245. The van der Waals surface area contributed by atoms with E-state index in [0.717, 1.165) is 21.2 Å². The van der Waals surface area contributed by atoms with Gasteiger partial charge in [-0.05, 0) is 25.5 Å². The van der Waals surface area contributed by atoms with Crippen molar-refractivity contribution in [3.8, 4) is 17.0 Å². The first-order valence-corrected chi connectivity index (χ1v) is 5.99. The molecule has 0 aliphatic heterocycles. The van der Waals surface area contributed by atoms with Gasteiger partial charge in [0.2, 0.25) is 0 Å². The number of nitrogen functional groups attached to an aromatic ring is 1. The summed E-state index contributed by atoms with van der Waals surface area (Å²) in [6.07, 6.45) is 0. The van der Waals surface area contributed by atoms with Crippen LogP contribution in [0.1, 0.15) is 11.1 Å². The highest BCUT2D eigenvalue weighted by atomic mass is 79.9. The molecule has 0 saturated carbocycles. The van der Waals surface area contributed by atoms with E-state index in [4.69, 9.17) is 5.73 Å². The Labute approximate surface area is 108 Å². The van der Waals surface area contributed by atoms with Crippen LogP contribution in [0.15, 0.2) is 16.6 Å². The van der Waals surface area contributed by atoms with E-state index in [-0.39, 0.29) is 5.75 Å². The highest BCUT2D eigenvalue weighted by molar-refractivity contribution is 9.10. The van der Waals surface area contributed by atoms with Gasteiger partial charge in [0.15, 0.2) is 0 Å². The van der Waals surface area contributed by atoms with Crippen molar-refractivity contribution < 1.29 is 5.11 Å². The second kappa shape index (κ2) is 4.07. The molecule has 0 amide bonds. The standard InChI is InChI=1S/C12H14BrN3O/c1-6-4-8(13)7(2)12(17)11(6)9-5-10(14)16(3)15-9/h4-5,17H,14H2,1-3H3.